The summed E-state index contributed by atoms with van der Waals surface area (Å²) in [6, 6.07) is 0. The zero-order valence-corrected chi connectivity index (χ0v) is 5.60. The Morgan fingerprint density at radius 1 is 0.250 bits per heavy atom. The van der Waals surface area contributed by atoms with Crippen molar-refractivity contribution in [1.82, 2.24) is 0 Å². The van der Waals surface area contributed by atoms with Crippen LogP contribution in [0.15, 0.2) is 0 Å². The number of halogens is 8. The van der Waals surface area contributed by atoms with Crippen molar-refractivity contribution in [2.24, 2.45) is 0 Å². The molecule has 0 aliphatic rings. The summed E-state index contributed by atoms with van der Waals surface area (Å²) in [4.78, 5) is 0. The fourth-order valence-electron chi connectivity index (χ4n) is 0. The first-order valence-electron chi connectivity index (χ1n) is 0. The van der Waals surface area contributed by atoms with Crippen molar-refractivity contribution < 1.29 is 32.9 Å². The summed E-state index contributed by atoms with van der Waals surface area (Å²) in [6.07, 6.45) is 0. The molecule has 0 unspecified atom stereocenters. The smallest absolute Gasteiger partial charge is 0.107 e. The molecule has 0 N–H and O–H groups in total. The minimum Gasteiger partial charge on any atom is -0.269 e. The summed E-state index contributed by atoms with van der Waals surface area (Å²) >= 11 is 0. The molecule has 0 aromatic rings. The molecular formula is H8F7I. The van der Waals surface area contributed by atoms with E-state index in [1.165, 1.54) is 0 Å². The van der Waals surface area contributed by atoms with Crippen LogP contribution in [-0.2, 0) is 0 Å². The van der Waals surface area contributed by atoms with Gasteiger partial charge in [0.1, 0.15) is 0 Å². The van der Waals surface area contributed by atoms with Gasteiger partial charge in [-0.15, -0.1) is 24.0 Å². The van der Waals surface area contributed by atoms with Gasteiger partial charge in [0.25, 0.3) is 0 Å². The third kappa shape index (κ3) is 2970. The molecule has 0 saturated carbocycles. The molecule has 0 saturated heterocycles. The van der Waals surface area contributed by atoms with E-state index in [1.54, 1.807) is 0 Å². The van der Waals surface area contributed by atoms with Crippen molar-refractivity contribution in [1.29, 1.82) is 0 Å². The van der Waals surface area contributed by atoms with Crippen LogP contribution in [0.1, 0.15) is 0 Å². The van der Waals surface area contributed by atoms with Crippen LogP contribution in [0.3, 0.4) is 0 Å². The van der Waals surface area contributed by atoms with E-state index in [9.17, 15) is 0 Å². The Kier molecular flexibility index (Phi) is 4590000. The molecule has 8 heteroatoms. The Morgan fingerprint density at radius 3 is 0.250 bits per heavy atom. The zero-order valence-electron chi connectivity index (χ0n) is 3.27. The van der Waals surface area contributed by atoms with Crippen molar-refractivity contribution in [3.05, 3.63) is 0 Å². The molecule has 8 heavy (non-hydrogen) atoms. The summed E-state index contributed by atoms with van der Waals surface area (Å²) in [6.45, 7) is 0. The number of hydrogen-bond acceptors (Lipinski definition) is 0. The summed E-state index contributed by atoms with van der Waals surface area (Å²) < 4.78 is 0. The van der Waals surface area contributed by atoms with E-state index >= 15 is 0 Å². The SMILES string of the molecule is F.F.F.F.F.F.F.I. The van der Waals surface area contributed by atoms with E-state index in [1.807, 2.05) is 0 Å². The molecule has 0 nitrogen and oxygen atoms in total. The van der Waals surface area contributed by atoms with Gasteiger partial charge >= 0.3 is 0 Å². The van der Waals surface area contributed by atoms with E-state index < -0.39 is 0 Å². The second-order valence-electron chi connectivity index (χ2n) is 0. The van der Waals surface area contributed by atoms with E-state index in [0.29, 0.717) is 0 Å². The standard InChI is InChI=1S/7FH.HI/h8*1H. The minimum absolute atomic E-state index is 0. The molecule has 0 heterocycles. The Bertz CT molecular complexity index is 4.35. The van der Waals surface area contributed by atoms with Crippen LogP contribution in [0.4, 0.5) is 32.9 Å². The van der Waals surface area contributed by atoms with Gasteiger partial charge in [0.2, 0.25) is 0 Å². The minimum atomic E-state index is 0. The van der Waals surface area contributed by atoms with E-state index in [4.69, 9.17) is 0 Å². The predicted octanol–water partition coefficient (Wildman–Crippen LogP) is 1.69. The maximum atomic E-state index is 0. The summed E-state index contributed by atoms with van der Waals surface area (Å²) in [5.74, 6) is 0. The maximum absolute atomic E-state index is 0. The van der Waals surface area contributed by atoms with Gasteiger partial charge in [-0.1, -0.05) is 0 Å². The Morgan fingerprint density at radius 2 is 0.250 bits per heavy atom. The highest BCUT2D eigenvalue weighted by atomic mass is 127. The largest absolute Gasteiger partial charge is 0.269 e. The monoisotopic (exact) mass is 268 g/mol. The van der Waals surface area contributed by atoms with Crippen LogP contribution in [0.5, 0.6) is 0 Å². The molecule has 0 spiro atoms. The first kappa shape index (κ1) is 7500. The predicted molar refractivity (Wildman–Crippen MR) is 32.9 cm³/mol. The lowest BCUT2D eigenvalue weighted by Crippen LogP contribution is 0.419. The summed E-state index contributed by atoms with van der Waals surface area (Å²) in [7, 11) is 0. The molecule has 0 aliphatic carbocycles. The van der Waals surface area contributed by atoms with Gasteiger partial charge in [-0.2, -0.15) is 0 Å². The van der Waals surface area contributed by atoms with Crippen LogP contribution in [0, 0.1) is 0 Å². The summed E-state index contributed by atoms with van der Waals surface area (Å²) in [5, 5.41) is 0. The topological polar surface area (TPSA) is 0 Å². The second kappa shape index (κ2) is 4890. The Hall–Kier alpha value is 0.240. The molecule has 0 radical (unpaired) electrons. The molecule has 0 bridgehead atoms. The van der Waals surface area contributed by atoms with Crippen molar-refractivity contribution in [3.63, 3.8) is 0 Å². The van der Waals surface area contributed by atoms with Gasteiger partial charge in [-0.3, -0.25) is 32.9 Å². The second-order valence-corrected chi connectivity index (χ2v) is 0. The summed E-state index contributed by atoms with van der Waals surface area (Å²) in [5.41, 5.74) is 0. The third-order valence-electron chi connectivity index (χ3n) is 0. The maximum Gasteiger partial charge on any atom is -0.107 e. The molecule has 0 amide bonds. The highest BCUT2D eigenvalue weighted by Gasteiger charge is -0.107. The lowest BCUT2D eigenvalue weighted by molar-refractivity contribution is 1.11. The molecule has 0 rings (SSSR count). The first-order valence-corrected chi connectivity index (χ1v) is 0. The van der Waals surface area contributed by atoms with Crippen LogP contribution in [0.2, 0.25) is 0 Å². The van der Waals surface area contributed by atoms with Crippen LogP contribution in [0.25, 0.3) is 0 Å². The molecule has 0 aromatic carbocycles. The van der Waals surface area contributed by atoms with Crippen molar-refractivity contribution in [2.75, 3.05) is 0 Å². The van der Waals surface area contributed by atoms with Crippen LogP contribution in [-0.4, -0.2) is 0 Å². The molecule has 0 atom stereocenters. The van der Waals surface area contributed by atoms with Crippen LogP contribution < -0.4 is 0 Å². The van der Waals surface area contributed by atoms with Crippen molar-refractivity contribution >= 4 is 24.0 Å². The van der Waals surface area contributed by atoms with Crippen LogP contribution >= 0.6 is 24.0 Å². The molecular weight excluding hydrogens is 260 g/mol. The fraction of sp³-hybridized carbons (Fsp3) is 0. The number of hydrogen-bond donors (Lipinski definition) is 0. The molecule has 64 valence electrons. The first-order chi connectivity index (χ1) is 0. The highest BCUT2D eigenvalue weighted by molar-refractivity contribution is 14.0. The van der Waals surface area contributed by atoms with Gasteiger partial charge in [-0.25, -0.2) is 0 Å². The Balaban J connectivity index is 0. The van der Waals surface area contributed by atoms with Gasteiger partial charge in [0.05, 0.1) is 0 Å². The quantitative estimate of drug-likeness (QED) is 0.463. The van der Waals surface area contributed by atoms with E-state index in [2.05, 4.69) is 0 Å². The fourth-order valence-corrected chi connectivity index (χ4v) is 0. The van der Waals surface area contributed by atoms with Gasteiger partial charge in [-0.05, 0) is 0 Å². The van der Waals surface area contributed by atoms with E-state index in [-0.39, 0.29) is 56.9 Å². The molecule has 0 aromatic heterocycles. The highest BCUT2D eigenvalue weighted by Crippen LogP contribution is 0.886. The molecule has 0 fully saturated rings. The third-order valence-corrected chi connectivity index (χ3v) is 0. The lowest BCUT2D eigenvalue weighted by Gasteiger charge is -0.270. The van der Waals surface area contributed by atoms with Crippen molar-refractivity contribution in [3.8, 4) is 0 Å². The average Bonchev–Trinajstić information content (AvgIpc) is 0. The van der Waals surface area contributed by atoms with E-state index in [0.717, 1.165) is 0 Å². The van der Waals surface area contributed by atoms with Gasteiger partial charge in [0.15, 0.2) is 0 Å². The van der Waals surface area contributed by atoms with Gasteiger partial charge in [0, 0.05) is 0 Å². The number of rotatable bonds is 0. The van der Waals surface area contributed by atoms with Crippen molar-refractivity contribution in [2.45, 2.75) is 0 Å². The zero-order chi connectivity index (χ0) is 0. The normalized spacial score (nSPS) is 0. The van der Waals surface area contributed by atoms with Gasteiger partial charge < -0.3 is 0 Å². The average molecular weight is 268 g/mol. The lowest BCUT2D eigenvalue weighted by atomic mass is 19.0. The Labute approximate surface area is 57.6 Å². The molecule has 0 aliphatic heterocycles.